The van der Waals surface area contributed by atoms with E-state index in [4.69, 9.17) is 9.47 Å². The zero-order chi connectivity index (χ0) is 20.8. The number of nitrogens with zero attached hydrogens (tertiary/aromatic N) is 2. The van der Waals surface area contributed by atoms with Gasteiger partial charge in [0.2, 0.25) is 0 Å². The first-order valence-electron chi connectivity index (χ1n) is 12.1. The molecule has 1 amide bonds. The Balaban J connectivity index is 1.43. The highest BCUT2D eigenvalue weighted by Crippen LogP contribution is 2.31. The molecule has 30 heavy (non-hydrogen) atoms. The van der Waals surface area contributed by atoms with E-state index < -0.39 is 0 Å². The molecular weight excluding hydrogens is 376 g/mol. The summed E-state index contributed by atoms with van der Waals surface area (Å²) in [5, 5.41) is 0. The lowest BCUT2D eigenvalue weighted by Gasteiger charge is -2.36. The number of benzene rings is 1. The van der Waals surface area contributed by atoms with Crippen LogP contribution in [-0.4, -0.2) is 61.1 Å². The van der Waals surface area contributed by atoms with E-state index in [1.165, 1.54) is 44.9 Å². The molecule has 2 saturated heterocycles. The predicted octanol–water partition coefficient (Wildman–Crippen LogP) is 4.89. The van der Waals surface area contributed by atoms with E-state index in [0.717, 1.165) is 63.7 Å². The Kier molecular flexibility index (Phi) is 7.53. The number of hydrogen-bond acceptors (Lipinski definition) is 4. The summed E-state index contributed by atoms with van der Waals surface area (Å²) in [5.41, 5.74) is 0.660. The standard InChI is InChI=1S/C25H38N2O3/c1-29-22-11-12-24(23(19-22)25(28)27-15-7-3-2-4-8-16-27)30-21-13-17-26(18-14-21)20-9-5-6-10-20/h11-12,19-21H,2-10,13-18H2,1H3. The summed E-state index contributed by atoms with van der Waals surface area (Å²) >= 11 is 0. The van der Waals surface area contributed by atoms with Gasteiger partial charge in [0, 0.05) is 32.2 Å². The van der Waals surface area contributed by atoms with Crippen LogP contribution >= 0.6 is 0 Å². The van der Waals surface area contributed by atoms with Gasteiger partial charge in [-0.05, 0) is 56.7 Å². The van der Waals surface area contributed by atoms with Crippen molar-refractivity contribution in [2.45, 2.75) is 82.8 Å². The van der Waals surface area contributed by atoms with E-state index in [1.54, 1.807) is 7.11 Å². The Morgan fingerprint density at radius 1 is 0.867 bits per heavy atom. The largest absolute Gasteiger partial charge is 0.497 e. The summed E-state index contributed by atoms with van der Waals surface area (Å²) in [4.78, 5) is 18.1. The second-order valence-corrected chi connectivity index (χ2v) is 9.21. The highest BCUT2D eigenvalue weighted by molar-refractivity contribution is 5.97. The minimum Gasteiger partial charge on any atom is -0.497 e. The van der Waals surface area contributed by atoms with Crippen LogP contribution in [0.25, 0.3) is 0 Å². The Labute approximate surface area is 181 Å². The van der Waals surface area contributed by atoms with Crippen molar-refractivity contribution in [1.29, 1.82) is 0 Å². The van der Waals surface area contributed by atoms with Crippen LogP contribution in [0.1, 0.15) is 81.0 Å². The quantitative estimate of drug-likeness (QED) is 0.688. The van der Waals surface area contributed by atoms with Crippen LogP contribution in [-0.2, 0) is 0 Å². The molecule has 0 spiro atoms. The zero-order valence-corrected chi connectivity index (χ0v) is 18.6. The highest BCUT2D eigenvalue weighted by Gasteiger charge is 2.29. The van der Waals surface area contributed by atoms with Crippen molar-refractivity contribution in [1.82, 2.24) is 9.80 Å². The van der Waals surface area contributed by atoms with Crippen LogP contribution in [0.2, 0.25) is 0 Å². The van der Waals surface area contributed by atoms with Crippen LogP contribution < -0.4 is 9.47 Å². The Morgan fingerprint density at radius 3 is 2.20 bits per heavy atom. The molecule has 0 N–H and O–H groups in total. The van der Waals surface area contributed by atoms with Gasteiger partial charge in [-0.15, -0.1) is 0 Å². The van der Waals surface area contributed by atoms with Gasteiger partial charge in [0.1, 0.15) is 17.6 Å². The first-order valence-corrected chi connectivity index (χ1v) is 12.1. The van der Waals surface area contributed by atoms with Crippen LogP contribution in [0.3, 0.4) is 0 Å². The molecule has 1 aromatic carbocycles. The molecule has 2 aliphatic heterocycles. The fraction of sp³-hybridized carbons (Fsp3) is 0.720. The monoisotopic (exact) mass is 414 g/mol. The molecular formula is C25H38N2O3. The summed E-state index contributed by atoms with van der Waals surface area (Å²) in [6.45, 7) is 3.91. The Morgan fingerprint density at radius 2 is 1.53 bits per heavy atom. The first-order chi connectivity index (χ1) is 14.7. The average Bonchev–Trinajstić information content (AvgIpc) is 3.29. The molecule has 0 atom stereocenters. The van der Waals surface area contributed by atoms with E-state index in [9.17, 15) is 4.79 Å². The molecule has 0 unspecified atom stereocenters. The third-order valence-corrected chi connectivity index (χ3v) is 7.17. The maximum atomic E-state index is 13.4. The SMILES string of the molecule is COc1ccc(OC2CCN(C3CCCC3)CC2)c(C(=O)N2CCCCCCC2)c1. The molecule has 3 aliphatic rings. The van der Waals surface area contributed by atoms with E-state index in [0.29, 0.717) is 11.3 Å². The van der Waals surface area contributed by atoms with Gasteiger partial charge >= 0.3 is 0 Å². The third kappa shape index (κ3) is 5.29. The number of amides is 1. The first kappa shape index (κ1) is 21.5. The highest BCUT2D eigenvalue weighted by atomic mass is 16.5. The Hall–Kier alpha value is -1.75. The molecule has 1 aliphatic carbocycles. The fourth-order valence-electron chi connectivity index (χ4n) is 5.33. The van der Waals surface area contributed by atoms with E-state index >= 15 is 0 Å². The molecule has 4 rings (SSSR count). The maximum Gasteiger partial charge on any atom is 0.257 e. The van der Waals surface area contributed by atoms with Crippen molar-refractivity contribution in [2.24, 2.45) is 0 Å². The number of hydrogen-bond donors (Lipinski definition) is 0. The summed E-state index contributed by atoms with van der Waals surface area (Å²) < 4.78 is 11.9. The number of carbonyl (C=O) groups is 1. The second kappa shape index (κ2) is 10.5. The molecule has 1 saturated carbocycles. The van der Waals surface area contributed by atoms with Gasteiger partial charge in [0.25, 0.3) is 5.91 Å². The van der Waals surface area contributed by atoms with Crippen LogP contribution in [0.5, 0.6) is 11.5 Å². The molecule has 3 fully saturated rings. The normalized spacial score (nSPS) is 22.5. The summed E-state index contributed by atoms with van der Waals surface area (Å²) in [6.07, 6.45) is 13.7. The zero-order valence-electron chi connectivity index (χ0n) is 18.6. The summed E-state index contributed by atoms with van der Waals surface area (Å²) in [6, 6.07) is 6.49. The van der Waals surface area contributed by atoms with Crippen molar-refractivity contribution in [3.63, 3.8) is 0 Å². The number of methoxy groups -OCH3 is 1. The topological polar surface area (TPSA) is 42.0 Å². The molecule has 5 nitrogen and oxygen atoms in total. The van der Waals surface area contributed by atoms with Crippen molar-refractivity contribution in [2.75, 3.05) is 33.3 Å². The number of rotatable bonds is 5. The van der Waals surface area contributed by atoms with Gasteiger partial charge in [-0.3, -0.25) is 4.79 Å². The van der Waals surface area contributed by atoms with E-state index in [-0.39, 0.29) is 12.0 Å². The summed E-state index contributed by atoms with van der Waals surface area (Å²) in [7, 11) is 1.65. The lowest BCUT2D eigenvalue weighted by atomic mass is 10.0. The van der Waals surface area contributed by atoms with Gasteiger partial charge in [-0.25, -0.2) is 0 Å². The lowest BCUT2D eigenvalue weighted by molar-refractivity contribution is 0.0686. The molecule has 1 aromatic rings. The van der Waals surface area contributed by atoms with Gasteiger partial charge < -0.3 is 19.3 Å². The molecule has 2 heterocycles. The summed E-state index contributed by atoms with van der Waals surface area (Å²) in [5.74, 6) is 1.53. The van der Waals surface area contributed by atoms with Gasteiger partial charge in [-0.1, -0.05) is 32.1 Å². The third-order valence-electron chi connectivity index (χ3n) is 7.17. The smallest absolute Gasteiger partial charge is 0.257 e. The van der Waals surface area contributed by atoms with Crippen molar-refractivity contribution in [3.8, 4) is 11.5 Å². The van der Waals surface area contributed by atoms with Crippen LogP contribution in [0.15, 0.2) is 18.2 Å². The maximum absolute atomic E-state index is 13.4. The molecule has 5 heteroatoms. The van der Waals surface area contributed by atoms with Crippen molar-refractivity contribution >= 4 is 5.91 Å². The minimum atomic E-state index is 0.0918. The lowest BCUT2D eigenvalue weighted by Crippen LogP contribution is -2.43. The number of ether oxygens (including phenoxy) is 2. The molecule has 166 valence electrons. The van der Waals surface area contributed by atoms with E-state index in [1.807, 2.05) is 23.1 Å². The van der Waals surface area contributed by atoms with Gasteiger partial charge in [-0.2, -0.15) is 0 Å². The minimum absolute atomic E-state index is 0.0918. The molecule has 0 bridgehead atoms. The van der Waals surface area contributed by atoms with Crippen LogP contribution in [0, 0.1) is 0 Å². The second-order valence-electron chi connectivity index (χ2n) is 9.21. The van der Waals surface area contributed by atoms with Crippen LogP contribution in [0.4, 0.5) is 0 Å². The van der Waals surface area contributed by atoms with Gasteiger partial charge in [0.05, 0.1) is 12.7 Å². The average molecular weight is 415 g/mol. The molecule has 0 radical (unpaired) electrons. The van der Waals surface area contributed by atoms with Crippen molar-refractivity contribution < 1.29 is 14.3 Å². The van der Waals surface area contributed by atoms with E-state index in [2.05, 4.69) is 4.90 Å². The van der Waals surface area contributed by atoms with Gasteiger partial charge in [0.15, 0.2) is 0 Å². The molecule has 0 aromatic heterocycles. The number of piperidine rings is 1. The predicted molar refractivity (Wildman–Crippen MR) is 119 cm³/mol. The number of likely N-dealkylation sites (tertiary alicyclic amines) is 2. The number of carbonyl (C=O) groups excluding carboxylic acids is 1. The Bertz CT molecular complexity index is 686. The van der Waals surface area contributed by atoms with Crippen molar-refractivity contribution in [3.05, 3.63) is 23.8 Å². The fourth-order valence-corrected chi connectivity index (χ4v) is 5.33.